The van der Waals surface area contributed by atoms with Gasteiger partial charge in [0.2, 0.25) is 6.23 Å². The fraction of sp³-hybridized carbons (Fsp3) is 1.00. The molecule has 52 valence electrons. The lowest BCUT2D eigenvalue weighted by atomic mass is 10.2. The maximum atomic E-state index is 5.28. The van der Waals surface area contributed by atoms with Crippen molar-refractivity contribution in [1.29, 1.82) is 0 Å². The standard InChI is InChI=1S/C5H9NO3/c1-2-4-7-5(3-1)6-8-9-6/h5H,1-4H2. The van der Waals surface area contributed by atoms with Gasteiger partial charge in [-0.2, -0.15) is 0 Å². The van der Waals surface area contributed by atoms with Crippen molar-refractivity contribution < 1.29 is 14.1 Å². The lowest BCUT2D eigenvalue weighted by molar-refractivity contribution is -0.0521. The van der Waals surface area contributed by atoms with E-state index in [2.05, 4.69) is 9.36 Å². The van der Waals surface area contributed by atoms with Gasteiger partial charge in [0.25, 0.3) is 0 Å². The smallest absolute Gasteiger partial charge is 0.207 e. The Bertz CT molecular complexity index is 150. The zero-order chi connectivity index (χ0) is 6.10. The molecular formula is C5H9NO3. The summed E-state index contributed by atoms with van der Waals surface area (Å²) in [7, 11) is 0. The SMILES string of the molecule is C1CCC(n2oo2)OC1. The summed E-state index contributed by atoms with van der Waals surface area (Å²) in [6.07, 6.45) is 3.43. The second-order valence-corrected chi connectivity index (χ2v) is 2.26. The molecule has 1 aromatic rings. The number of aromatic nitrogens is 1. The van der Waals surface area contributed by atoms with E-state index in [-0.39, 0.29) is 6.23 Å². The maximum Gasteiger partial charge on any atom is 0.207 e. The topological polar surface area (TPSA) is 40.4 Å². The Morgan fingerprint density at radius 2 is 2.11 bits per heavy atom. The highest BCUT2D eigenvalue weighted by atomic mass is 17.3. The van der Waals surface area contributed by atoms with Crippen LogP contribution in [-0.2, 0) is 4.74 Å². The lowest BCUT2D eigenvalue weighted by Crippen LogP contribution is -2.13. The van der Waals surface area contributed by atoms with Gasteiger partial charge in [0.05, 0.1) is 4.91 Å². The maximum absolute atomic E-state index is 5.28. The van der Waals surface area contributed by atoms with Crippen LogP contribution in [-0.4, -0.2) is 11.5 Å². The molecule has 4 nitrogen and oxygen atoms in total. The second kappa shape index (κ2) is 1.95. The van der Waals surface area contributed by atoms with E-state index < -0.39 is 0 Å². The van der Waals surface area contributed by atoms with E-state index in [1.807, 2.05) is 0 Å². The molecule has 1 aliphatic rings. The van der Waals surface area contributed by atoms with Crippen LogP contribution in [0.2, 0.25) is 0 Å². The van der Waals surface area contributed by atoms with Gasteiger partial charge in [0.1, 0.15) is 0 Å². The summed E-state index contributed by atoms with van der Waals surface area (Å²) in [5.74, 6) is 0. The molecule has 0 amide bonds. The Morgan fingerprint density at radius 3 is 2.67 bits per heavy atom. The van der Waals surface area contributed by atoms with Crippen LogP contribution in [0.4, 0.5) is 0 Å². The van der Waals surface area contributed by atoms with E-state index in [1.165, 1.54) is 11.3 Å². The monoisotopic (exact) mass is 131 g/mol. The van der Waals surface area contributed by atoms with Gasteiger partial charge in [-0.25, -0.2) is 0 Å². The van der Waals surface area contributed by atoms with E-state index in [0.29, 0.717) is 0 Å². The predicted molar refractivity (Wildman–Crippen MR) is 27.8 cm³/mol. The first kappa shape index (κ1) is 5.17. The minimum absolute atomic E-state index is 0.0544. The molecule has 2 heterocycles. The first-order valence-electron chi connectivity index (χ1n) is 3.22. The molecule has 0 saturated carbocycles. The minimum Gasteiger partial charge on any atom is -0.352 e. The third kappa shape index (κ3) is 1.03. The molecule has 1 aliphatic heterocycles. The fourth-order valence-corrected chi connectivity index (χ4v) is 1.01. The quantitative estimate of drug-likeness (QED) is 0.540. The molecular weight excluding hydrogens is 122 g/mol. The van der Waals surface area contributed by atoms with Crippen molar-refractivity contribution in [2.24, 2.45) is 0 Å². The number of hydrogen-bond acceptors (Lipinski definition) is 3. The first-order valence-corrected chi connectivity index (χ1v) is 3.22. The van der Waals surface area contributed by atoms with Crippen molar-refractivity contribution >= 4 is 0 Å². The average molecular weight is 131 g/mol. The van der Waals surface area contributed by atoms with Gasteiger partial charge in [0, 0.05) is 6.61 Å². The summed E-state index contributed by atoms with van der Waals surface area (Å²) in [6, 6.07) is 0. The third-order valence-electron chi connectivity index (χ3n) is 1.55. The average Bonchev–Trinajstić information content (AvgIpc) is 2.71. The summed E-state index contributed by atoms with van der Waals surface area (Å²) >= 11 is 0. The minimum atomic E-state index is 0.0544. The van der Waals surface area contributed by atoms with Crippen molar-refractivity contribution in [2.45, 2.75) is 25.5 Å². The van der Waals surface area contributed by atoms with Crippen molar-refractivity contribution in [3.05, 3.63) is 0 Å². The van der Waals surface area contributed by atoms with E-state index in [4.69, 9.17) is 4.74 Å². The molecule has 0 N–H and O–H groups in total. The Labute approximate surface area is 52.2 Å². The van der Waals surface area contributed by atoms with E-state index in [0.717, 1.165) is 19.4 Å². The summed E-state index contributed by atoms with van der Waals surface area (Å²) < 4.78 is 14.2. The van der Waals surface area contributed by atoms with Crippen LogP contribution >= 0.6 is 0 Å². The van der Waals surface area contributed by atoms with Gasteiger partial charge >= 0.3 is 0 Å². The van der Waals surface area contributed by atoms with Crippen molar-refractivity contribution in [2.75, 3.05) is 6.61 Å². The fourth-order valence-electron chi connectivity index (χ4n) is 1.01. The first-order chi connectivity index (χ1) is 4.47. The molecule has 0 bridgehead atoms. The van der Waals surface area contributed by atoms with Gasteiger partial charge in [-0.3, -0.25) is 0 Å². The largest absolute Gasteiger partial charge is 0.352 e. The van der Waals surface area contributed by atoms with Gasteiger partial charge in [-0.05, 0) is 19.3 Å². The van der Waals surface area contributed by atoms with Gasteiger partial charge in [0.15, 0.2) is 0 Å². The predicted octanol–water partition coefficient (Wildman–Crippen LogP) is 1.37. The molecule has 1 atom stereocenters. The van der Waals surface area contributed by atoms with Crippen molar-refractivity contribution in [3.63, 3.8) is 0 Å². The zero-order valence-corrected chi connectivity index (χ0v) is 5.08. The Balaban J connectivity index is 1.90. The summed E-state index contributed by atoms with van der Waals surface area (Å²) in [6.45, 7) is 0.827. The zero-order valence-electron chi connectivity index (χ0n) is 5.08. The Kier molecular flexibility index (Phi) is 1.12. The number of nitrogens with zero attached hydrogens (tertiary/aromatic N) is 1. The highest BCUT2D eigenvalue weighted by Gasteiger charge is 2.22. The highest BCUT2D eigenvalue weighted by Crippen LogP contribution is 2.23. The highest BCUT2D eigenvalue weighted by molar-refractivity contribution is 4.53. The molecule has 1 aromatic heterocycles. The van der Waals surface area contributed by atoms with Crippen LogP contribution in [0.5, 0.6) is 0 Å². The van der Waals surface area contributed by atoms with Crippen LogP contribution in [0, 0.1) is 0 Å². The van der Waals surface area contributed by atoms with Gasteiger partial charge in [-0.1, -0.05) is 0 Å². The van der Waals surface area contributed by atoms with Crippen molar-refractivity contribution in [1.82, 2.24) is 4.91 Å². The van der Waals surface area contributed by atoms with E-state index in [9.17, 15) is 0 Å². The lowest BCUT2D eigenvalue weighted by Gasteiger charge is -2.15. The van der Waals surface area contributed by atoms with Gasteiger partial charge < -0.3 is 4.74 Å². The summed E-state index contributed by atoms with van der Waals surface area (Å²) in [4.78, 5) is 1.39. The molecule has 1 saturated heterocycles. The molecule has 0 spiro atoms. The van der Waals surface area contributed by atoms with E-state index >= 15 is 0 Å². The van der Waals surface area contributed by atoms with Crippen LogP contribution in [0.1, 0.15) is 25.5 Å². The Hall–Kier alpha value is -0.640. The molecule has 1 fully saturated rings. The number of ether oxygens (including phenoxy) is 1. The molecule has 0 aromatic carbocycles. The van der Waals surface area contributed by atoms with Crippen LogP contribution in [0.15, 0.2) is 9.36 Å². The Morgan fingerprint density at radius 1 is 1.22 bits per heavy atom. The van der Waals surface area contributed by atoms with Crippen LogP contribution < -0.4 is 0 Å². The number of rotatable bonds is 1. The van der Waals surface area contributed by atoms with Crippen LogP contribution in [0.3, 0.4) is 0 Å². The molecule has 0 aliphatic carbocycles. The summed E-state index contributed by atoms with van der Waals surface area (Å²) in [5.41, 5.74) is 0. The van der Waals surface area contributed by atoms with Crippen LogP contribution in [0.25, 0.3) is 0 Å². The van der Waals surface area contributed by atoms with Crippen molar-refractivity contribution in [3.8, 4) is 0 Å². The number of hydrogen-bond donors (Lipinski definition) is 0. The molecule has 9 heavy (non-hydrogen) atoms. The molecule has 0 radical (unpaired) electrons. The molecule has 1 unspecified atom stereocenters. The second-order valence-electron chi connectivity index (χ2n) is 2.26. The molecule has 2 rings (SSSR count). The van der Waals surface area contributed by atoms with E-state index in [1.54, 1.807) is 0 Å². The third-order valence-corrected chi connectivity index (χ3v) is 1.55. The normalized spacial score (nSPS) is 29.1. The van der Waals surface area contributed by atoms with Gasteiger partial charge in [-0.15, -0.1) is 9.36 Å². The molecule has 4 heteroatoms. The summed E-state index contributed by atoms with van der Waals surface area (Å²) in [5, 5.41) is 0.